The van der Waals surface area contributed by atoms with Gasteiger partial charge in [0.15, 0.2) is 0 Å². The van der Waals surface area contributed by atoms with Crippen molar-refractivity contribution in [2.24, 2.45) is 0 Å². The van der Waals surface area contributed by atoms with E-state index in [-0.39, 0.29) is 11.9 Å². The maximum absolute atomic E-state index is 12.3. The van der Waals surface area contributed by atoms with Crippen LogP contribution in [0, 0.1) is 0 Å². The summed E-state index contributed by atoms with van der Waals surface area (Å²) in [5.41, 5.74) is 6.54. The summed E-state index contributed by atoms with van der Waals surface area (Å²) in [6.45, 7) is 2.58. The highest BCUT2D eigenvalue weighted by Crippen LogP contribution is 2.31. The molecule has 0 spiro atoms. The van der Waals surface area contributed by atoms with Crippen LogP contribution in [0.4, 0.5) is 5.69 Å². The van der Waals surface area contributed by atoms with Crippen LogP contribution in [-0.4, -0.2) is 30.6 Å². The molecule has 0 fully saturated rings. The third kappa shape index (κ3) is 3.08. The van der Waals surface area contributed by atoms with Gasteiger partial charge in [-0.1, -0.05) is 13.3 Å². The fourth-order valence-corrected chi connectivity index (χ4v) is 3.08. The van der Waals surface area contributed by atoms with Crippen LogP contribution >= 0.6 is 11.3 Å². The molecule has 3 N–H and O–H groups in total. The smallest absolute Gasteiger partial charge is 0.263 e. The molecule has 20 heavy (non-hydrogen) atoms. The summed E-state index contributed by atoms with van der Waals surface area (Å²) >= 11 is 1.32. The second-order valence-electron chi connectivity index (χ2n) is 4.62. The van der Waals surface area contributed by atoms with Crippen molar-refractivity contribution in [3.05, 3.63) is 23.2 Å². The molecule has 1 unspecified atom stereocenters. The molecule has 0 aromatic carbocycles. The topological polar surface area (TPSA) is 77.2 Å². The van der Waals surface area contributed by atoms with Crippen LogP contribution in [0.3, 0.4) is 0 Å². The first-order valence-corrected chi connectivity index (χ1v) is 7.41. The second-order valence-corrected chi connectivity index (χ2v) is 5.61. The van der Waals surface area contributed by atoms with Crippen molar-refractivity contribution >= 4 is 33.1 Å². The van der Waals surface area contributed by atoms with Crippen LogP contribution in [0.2, 0.25) is 0 Å². The summed E-state index contributed by atoms with van der Waals surface area (Å²) in [7, 11) is 1.63. The van der Waals surface area contributed by atoms with E-state index in [1.165, 1.54) is 11.3 Å². The van der Waals surface area contributed by atoms with Crippen molar-refractivity contribution in [3.63, 3.8) is 0 Å². The zero-order valence-corrected chi connectivity index (χ0v) is 12.5. The first kappa shape index (κ1) is 14.7. The molecular formula is C14H19N3O2S. The van der Waals surface area contributed by atoms with Crippen molar-refractivity contribution in [3.8, 4) is 0 Å². The van der Waals surface area contributed by atoms with Gasteiger partial charge in [-0.3, -0.25) is 4.79 Å². The van der Waals surface area contributed by atoms with Gasteiger partial charge in [0.05, 0.1) is 18.3 Å². The molecule has 0 aliphatic heterocycles. The number of hydrogen-bond donors (Lipinski definition) is 2. The number of hydrogen-bond acceptors (Lipinski definition) is 5. The summed E-state index contributed by atoms with van der Waals surface area (Å²) in [6.07, 6.45) is 3.56. The maximum Gasteiger partial charge on any atom is 0.263 e. The Labute approximate surface area is 122 Å². The molecule has 0 radical (unpaired) electrons. The van der Waals surface area contributed by atoms with Crippen molar-refractivity contribution in [2.45, 2.75) is 25.8 Å². The number of nitrogens with two attached hydrogens (primary N) is 1. The number of nitrogen functional groups attached to an aromatic ring is 1. The number of aromatic nitrogens is 1. The van der Waals surface area contributed by atoms with Crippen LogP contribution in [0.15, 0.2) is 18.3 Å². The number of thiophene rings is 1. The number of fused-ring (bicyclic) bond motifs is 1. The summed E-state index contributed by atoms with van der Waals surface area (Å²) in [5.74, 6) is -0.152. The Morgan fingerprint density at radius 1 is 1.60 bits per heavy atom. The summed E-state index contributed by atoms with van der Waals surface area (Å²) in [5, 5.41) is 3.81. The van der Waals surface area contributed by atoms with E-state index in [9.17, 15) is 4.79 Å². The number of carbonyl (C=O) groups is 1. The van der Waals surface area contributed by atoms with Crippen LogP contribution in [0.5, 0.6) is 0 Å². The van der Waals surface area contributed by atoms with E-state index in [1.54, 1.807) is 13.3 Å². The first-order chi connectivity index (χ1) is 9.67. The zero-order chi connectivity index (χ0) is 14.5. The monoisotopic (exact) mass is 293 g/mol. The Morgan fingerprint density at radius 2 is 2.40 bits per heavy atom. The minimum absolute atomic E-state index is 0.00933. The van der Waals surface area contributed by atoms with Gasteiger partial charge in [0.25, 0.3) is 5.91 Å². The molecule has 0 bridgehead atoms. The SMILES string of the molecule is CCCC(COC)NC(=O)c1sc2ncccc2c1N. The van der Waals surface area contributed by atoms with Gasteiger partial charge in [0, 0.05) is 18.7 Å². The van der Waals surface area contributed by atoms with E-state index in [4.69, 9.17) is 10.5 Å². The van der Waals surface area contributed by atoms with Gasteiger partial charge in [0.1, 0.15) is 9.71 Å². The Hall–Kier alpha value is -1.66. The van der Waals surface area contributed by atoms with Gasteiger partial charge in [-0.25, -0.2) is 4.98 Å². The molecule has 1 atom stereocenters. The largest absolute Gasteiger partial charge is 0.397 e. The number of amides is 1. The van der Waals surface area contributed by atoms with Gasteiger partial charge in [-0.05, 0) is 18.6 Å². The van der Waals surface area contributed by atoms with E-state index in [0.29, 0.717) is 17.2 Å². The van der Waals surface area contributed by atoms with Crippen LogP contribution in [0.1, 0.15) is 29.4 Å². The highest BCUT2D eigenvalue weighted by molar-refractivity contribution is 7.21. The average molecular weight is 293 g/mol. The minimum Gasteiger partial charge on any atom is -0.397 e. The second kappa shape index (κ2) is 6.67. The zero-order valence-electron chi connectivity index (χ0n) is 11.7. The predicted octanol–water partition coefficient (Wildman–Crippen LogP) is 2.42. The number of nitrogens with zero attached hydrogens (tertiary/aromatic N) is 1. The molecule has 1 amide bonds. The van der Waals surface area contributed by atoms with E-state index < -0.39 is 0 Å². The standard InChI is InChI=1S/C14H19N3O2S/c1-3-5-9(8-19-2)17-13(18)12-11(15)10-6-4-7-16-14(10)20-12/h4,6-7,9H,3,5,8,15H2,1-2H3,(H,17,18). The number of nitrogens with one attached hydrogen (secondary N) is 1. The van der Waals surface area contributed by atoms with Gasteiger partial charge in [-0.15, -0.1) is 11.3 Å². The number of anilines is 1. The molecular weight excluding hydrogens is 274 g/mol. The van der Waals surface area contributed by atoms with Crippen LogP contribution < -0.4 is 11.1 Å². The Kier molecular flexibility index (Phi) is 4.92. The van der Waals surface area contributed by atoms with E-state index in [0.717, 1.165) is 23.1 Å². The lowest BCUT2D eigenvalue weighted by Gasteiger charge is -2.16. The Morgan fingerprint density at radius 3 is 3.05 bits per heavy atom. The van der Waals surface area contributed by atoms with E-state index in [1.807, 2.05) is 12.1 Å². The molecule has 5 nitrogen and oxygen atoms in total. The number of carbonyl (C=O) groups excluding carboxylic acids is 1. The quantitative estimate of drug-likeness (QED) is 0.857. The lowest BCUT2D eigenvalue weighted by molar-refractivity contribution is 0.0896. The maximum atomic E-state index is 12.3. The Balaban J connectivity index is 2.20. The minimum atomic E-state index is -0.152. The molecule has 108 valence electrons. The summed E-state index contributed by atoms with van der Waals surface area (Å²) < 4.78 is 5.13. The lowest BCUT2D eigenvalue weighted by atomic mass is 10.1. The molecule has 0 saturated carbocycles. The average Bonchev–Trinajstić information content (AvgIpc) is 2.77. The molecule has 2 aromatic heterocycles. The Bertz CT molecular complexity index is 591. The predicted molar refractivity (Wildman–Crippen MR) is 82.1 cm³/mol. The molecule has 0 aliphatic carbocycles. The third-order valence-corrected chi connectivity index (χ3v) is 4.18. The van der Waals surface area contributed by atoms with Crippen molar-refractivity contribution < 1.29 is 9.53 Å². The first-order valence-electron chi connectivity index (χ1n) is 6.60. The highest BCUT2D eigenvalue weighted by atomic mass is 32.1. The van der Waals surface area contributed by atoms with Crippen LogP contribution in [0.25, 0.3) is 10.2 Å². The van der Waals surface area contributed by atoms with Gasteiger partial charge >= 0.3 is 0 Å². The van der Waals surface area contributed by atoms with E-state index >= 15 is 0 Å². The van der Waals surface area contributed by atoms with Crippen molar-refractivity contribution in [1.29, 1.82) is 0 Å². The normalized spacial score (nSPS) is 12.5. The highest BCUT2D eigenvalue weighted by Gasteiger charge is 2.19. The van der Waals surface area contributed by atoms with Gasteiger partial charge < -0.3 is 15.8 Å². The van der Waals surface area contributed by atoms with Gasteiger partial charge in [0.2, 0.25) is 0 Å². The molecule has 2 heterocycles. The fourth-order valence-electron chi connectivity index (χ4n) is 2.12. The molecule has 2 rings (SSSR count). The van der Waals surface area contributed by atoms with E-state index in [2.05, 4.69) is 17.2 Å². The molecule has 6 heteroatoms. The fraction of sp³-hybridized carbons (Fsp3) is 0.429. The number of ether oxygens (including phenoxy) is 1. The van der Waals surface area contributed by atoms with Crippen molar-refractivity contribution in [2.75, 3.05) is 19.5 Å². The molecule has 2 aromatic rings. The number of rotatable bonds is 6. The third-order valence-electron chi connectivity index (χ3n) is 3.05. The molecule has 0 saturated heterocycles. The summed E-state index contributed by atoms with van der Waals surface area (Å²) in [6, 6.07) is 3.71. The summed E-state index contributed by atoms with van der Waals surface area (Å²) in [4.78, 5) is 17.9. The van der Waals surface area contributed by atoms with Crippen LogP contribution in [-0.2, 0) is 4.74 Å². The van der Waals surface area contributed by atoms with Gasteiger partial charge in [-0.2, -0.15) is 0 Å². The number of methoxy groups -OCH3 is 1. The lowest BCUT2D eigenvalue weighted by Crippen LogP contribution is -2.37. The van der Waals surface area contributed by atoms with Crippen molar-refractivity contribution in [1.82, 2.24) is 10.3 Å². The number of pyridine rings is 1. The molecule has 0 aliphatic rings.